The van der Waals surface area contributed by atoms with Gasteiger partial charge in [0.1, 0.15) is 17.3 Å². The molecule has 2 aromatic carbocycles. The van der Waals surface area contributed by atoms with E-state index in [9.17, 15) is 14.4 Å². The van der Waals surface area contributed by atoms with E-state index >= 15 is 0 Å². The molecule has 2 aliphatic carbocycles. The Hall–Kier alpha value is -2.55. The highest BCUT2D eigenvalue weighted by atomic mass is 16.1. The first kappa shape index (κ1) is 32.4. The molecule has 4 rings (SSSR count). The van der Waals surface area contributed by atoms with Gasteiger partial charge in [-0.1, -0.05) is 62.4 Å². The summed E-state index contributed by atoms with van der Waals surface area (Å²) in [4.78, 5) is 36.0. The third-order valence-electron chi connectivity index (χ3n) is 10.4. The molecule has 0 aliphatic heterocycles. The molecule has 0 amide bonds. The van der Waals surface area contributed by atoms with E-state index in [4.69, 9.17) is 0 Å². The lowest BCUT2D eigenvalue weighted by atomic mass is 9.77. The lowest BCUT2D eigenvalue weighted by Crippen LogP contribution is -2.14. The average molecular weight is 571 g/mol. The van der Waals surface area contributed by atoms with E-state index in [2.05, 4.69) is 48.5 Å². The smallest absolute Gasteiger partial charge is 0.133 e. The van der Waals surface area contributed by atoms with Gasteiger partial charge in [0, 0.05) is 38.5 Å². The van der Waals surface area contributed by atoms with Gasteiger partial charge >= 0.3 is 0 Å². The van der Waals surface area contributed by atoms with Crippen molar-refractivity contribution < 1.29 is 14.4 Å². The van der Waals surface area contributed by atoms with E-state index < -0.39 is 0 Å². The Morgan fingerprint density at radius 2 is 0.857 bits per heavy atom. The van der Waals surface area contributed by atoms with E-state index in [0.717, 1.165) is 50.4 Å². The Labute approximate surface area is 255 Å². The maximum absolute atomic E-state index is 12.7. The van der Waals surface area contributed by atoms with Crippen LogP contribution in [0.2, 0.25) is 0 Å². The third kappa shape index (κ3) is 10.3. The monoisotopic (exact) mass is 570 g/mol. The van der Waals surface area contributed by atoms with Gasteiger partial charge in [0.25, 0.3) is 0 Å². The third-order valence-corrected chi connectivity index (χ3v) is 10.4. The van der Waals surface area contributed by atoms with Gasteiger partial charge in [0.15, 0.2) is 0 Å². The van der Waals surface area contributed by atoms with Crippen molar-refractivity contribution in [3.63, 3.8) is 0 Å². The molecule has 0 spiro atoms. The molecule has 3 heteroatoms. The quantitative estimate of drug-likeness (QED) is 0.202. The second kappa shape index (κ2) is 16.9. The van der Waals surface area contributed by atoms with Gasteiger partial charge in [-0.15, -0.1) is 0 Å². The Bertz CT molecular complexity index is 1020. The van der Waals surface area contributed by atoms with Crippen molar-refractivity contribution >= 4 is 17.3 Å². The maximum Gasteiger partial charge on any atom is 0.133 e. The van der Waals surface area contributed by atoms with Gasteiger partial charge in [-0.2, -0.15) is 0 Å². The second-order valence-electron chi connectivity index (χ2n) is 13.3. The van der Waals surface area contributed by atoms with Gasteiger partial charge < -0.3 is 0 Å². The first-order valence-electron chi connectivity index (χ1n) is 17.2. The normalized spacial score (nSPS) is 22.5. The Balaban J connectivity index is 1.12. The number of benzene rings is 2. The van der Waals surface area contributed by atoms with Crippen molar-refractivity contribution in [1.82, 2.24) is 0 Å². The molecule has 0 N–H and O–H groups in total. The molecule has 0 atom stereocenters. The van der Waals surface area contributed by atoms with E-state index in [1.54, 1.807) is 0 Å². The molecule has 2 fully saturated rings. The number of aryl methyl sites for hydroxylation is 2. The van der Waals surface area contributed by atoms with Crippen LogP contribution in [0, 0.1) is 11.8 Å². The first-order chi connectivity index (χ1) is 20.4. The molecule has 0 bridgehead atoms. The van der Waals surface area contributed by atoms with Crippen LogP contribution in [0.1, 0.15) is 151 Å². The van der Waals surface area contributed by atoms with Crippen LogP contribution >= 0.6 is 0 Å². The number of Topliss-reactive ketones (excluding diaryl/α,β-unsaturated/α-hetero) is 3. The molecule has 0 saturated heterocycles. The number of carbonyl (C=O) groups excluding carboxylic acids is 3. The molecule has 42 heavy (non-hydrogen) atoms. The topological polar surface area (TPSA) is 51.2 Å². The first-order valence-corrected chi connectivity index (χ1v) is 17.2. The summed E-state index contributed by atoms with van der Waals surface area (Å²) in [7, 11) is 0. The van der Waals surface area contributed by atoms with Crippen molar-refractivity contribution in [1.29, 1.82) is 0 Å². The summed E-state index contributed by atoms with van der Waals surface area (Å²) in [5.74, 6) is 3.89. The molecule has 0 unspecified atom stereocenters. The summed E-state index contributed by atoms with van der Waals surface area (Å²) in [6.45, 7) is 3.93. The van der Waals surface area contributed by atoms with Crippen LogP contribution in [0.25, 0.3) is 0 Å². The van der Waals surface area contributed by atoms with Crippen LogP contribution in [-0.2, 0) is 27.2 Å². The van der Waals surface area contributed by atoms with Crippen molar-refractivity contribution in [3.8, 4) is 0 Å². The van der Waals surface area contributed by atoms with E-state index in [-0.39, 0.29) is 0 Å². The number of carbonyl (C=O) groups is 3. The van der Waals surface area contributed by atoms with Crippen molar-refractivity contribution in [2.24, 2.45) is 11.8 Å². The molecular weight excluding hydrogens is 516 g/mol. The SMILES string of the molecule is CCC(=O)CCC1CCC(c2ccc(CCC(=O)CCc3ccc(C4CCC(CCC(=O)CC)CC4)cc3)cc2)CC1. The lowest BCUT2D eigenvalue weighted by molar-refractivity contribution is -0.119. The Kier molecular flexibility index (Phi) is 13.0. The molecule has 2 aromatic rings. The predicted octanol–water partition coefficient (Wildman–Crippen LogP) is 9.89. The summed E-state index contributed by atoms with van der Waals surface area (Å²) in [5, 5.41) is 0. The number of ketones is 3. The van der Waals surface area contributed by atoms with Gasteiger partial charge in [0.05, 0.1) is 0 Å². The van der Waals surface area contributed by atoms with Gasteiger partial charge in [-0.05, 0) is 123 Å². The van der Waals surface area contributed by atoms with Crippen LogP contribution in [0.4, 0.5) is 0 Å². The average Bonchev–Trinajstić information content (AvgIpc) is 3.05. The maximum atomic E-state index is 12.7. The molecule has 3 nitrogen and oxygen atoms in total. The van der Waals surface area contributed by atoms with Crippen molar-refractivity contribution in [3.05, 3.63) is 70.8 Å². The predicted molar refractivity (Wildman–Crippen MR) is 173 cm³/mol. The molecule has 2 saturated carbocycles. The molecule has 0 aromatic heterocycles. The minimum atomic E-state index is 0.350. The second-order valence-corrected chi connectivity index (χ2v) is 13.3. The standard InChI is InChI=1S/C39H54O3/c1-3-37(40)25-13-29-5-17-33(18-6-29)35-21-9-31(10-22-35)15-27-39(42)28-16-32-11-23-36(24-12-32)34-19-7-30(8-20-34)14-26-38(41)4-2/h9-12,21-24,29-30,33-34H,3-8,13-20,25-28H2,1-2H3. The fourth-order valence-corrected chi connectivity index (χ4v) is 7.26. The number of hydrogen-bond acceptors (Lipinski definition) is 3. The van der Waals surface area contributed by atoms with E-state index in [0.29, 0.717) is 54.9 Å². The van der Waals surface area contributed by atoms with Crippen molar-refractivity contribution in [2.75, 3.05) is 0 Å². The van der Waals surface area contributed by atoms with Crippen LogP contribution in [-0.4, -0.2) is 17.3 Å². The van der Waals surface area contributed by atoms with E-state index in [1.165, 1.54) is 73.6 Å². The van der Waals surface area contributed by atoms with Crippen LogP contribution in [0.3, 0.4) is 0 Å². The lowest BCUT2D eigenvalue weighted by Gasteiger charge is -2.28. The summed E-state index contributed by atoms with van der Waals surface area (Å²) >= 11 is 0. The zero-order valence-electron chi connectivity index (χ0n) is 26.4. The highest BCUT2D eigenvalue weighted by Crippen LogP contribution is 2.39. The van der Waals surface area contributed by atoms with Crippen LogP contribution < -0.4 is 0 Å². The van der Waals surface area contributed by atoms with Gasteiger partial charge in [-0.3, -0.25) is 14.4 Å². The molecule has 0 heterocycles. The largest absolute Gasteiger partial charge is 0.300 e. The zero-order chi connectivity index (χ0) is 29.7. The highest BCUT2D eigenvalue weighted by Gasteiger charge is 2.24. The Morgan fingerprint density at radius 1 is 0.500 bits per heavy atom. The number of hydrogen-bond donors (Lipinski definition) is 0. The highest BCUT2D eigenvalue weighted by molar-refractivity contribution is 5.79. The summed E-state index contributed by atoms with van der Waals surface area (Å²) < 4.78 is 0. The molecular formula is C39H54O3. The molecule has 228 valence electrons. The van der Waals surface area contributed by atoms with Crippen LogP contribution in [0.5, 0.6) is 0 Å². The Morgan fingerprint density at radius 3 is 1.19 bits per heavy atom. The van der Waals surface area contributed by atoms with E-state index in [1.807, 2.05) is 13.8 Å². The molecule has 2 aliphatic rings. The van der Waals surface area contributed by atoms with Gasteiger partial charge in [-0.25, -0.2) is 0 Å². The summed E-state index contributed by atoms with van der Waals surface area (Å²) in [5.41, 5.74) is 5.39. The van der Waals surface area contributed by atoms with Crippen molar-refractivity contribution in [2.45, 2.75) is 141 Å². The van der Waals surface area contributed by atoms with Crippen LogP contribution in [0.15, 0.2) is 48.5 Å². The molecule has 0 radical (unpaired) electrons. The number of rotatable bonds is 16. The minimum Gasteiger partial charge on any atom is -0.300 e. The van der Waals surface area contributed by atoms with Gasteiger partial charge in [0.2, 0.25) is 0 Å². The summed E-state index contributed by atoms with van der Waals surface area (Å²) in [6, 6.07) is 18.0. The summed E-state index contributed by atoms with van der Waals surface area (Å²) in [6.07, 6.45) is 17.8. The fraction of sp³-hybridized carbons (Fsp3) is 0.615. The zero-order valence-corrected chi connectivity index (χ0v) is 26.4. The fourth-order valence-electron chi connectivity index (χ4n) is 7.26. The minimum absolute atomic E-state index is 0.350.